The van der Waals surface area contributed by atoms with E-state index in [1.165, 1.54) is 23.1 Å². The van der Waals surface area contributed by atoms with Gasteiger partial charge in [-0.25, -0.2) is 9.29 Å². The molecule has 2 fully saturated rings. The van der Waals surface area contributed by atoms with Crippen LogP contribution in [0.15, 0.2) is 48.5 Å². The molecule has 30 heavy (non-hydrogen) atoms. The Kier molecular flexibility index (Phi) is 5.83. The Bertz CT molecular complexity index is 975. The van der Waals surface area contributed by atoms with Crippen molar-refractivity contribution in [2.24, 2.45) is 0 Å². The molecular weight excluding hydrogens is 411 g/mol. The third-order valence-electron chi connectivity index (χ3n) is 5.37. The molecule has 0 bridgehead atoms. The van der Waals surface area contributed by atoms with E-state index in [-0.39, 0.29) is 24.6 Å². The highest BCUT2D eigenvalue weighted by Crippen LogP contribution is 2.29. The van der Waals surface area contributed by atoms with Gasteiger partial charge in [-0.3, -0.25) is 14.4 Å². The number of carbonyl (C=O) groups is 3. The molecule has 0 spiro atoms. The maximum Gasteiger partial charge on any atom is 0.257 e. The minimum Gasteiger partial charge on any atom is -0.376 e. The molecule has 8 heteroatoms. The summed E-state index contributed by atoms with van der Waals surface area (Å²) < 4.78 is 19.9. The average molecular weight is 431 g/mol. The molecule has 4 rings (SSSR count). The van der Waals surface area contributed by atoms with Crippen LogP contribution in [0.5, 0.6) is 0 Å². The van der Waals surface area contributed by atoms with Crippen molar-refractivity contribution < 1.29 is 23.5 Å². The fraction of sp³-hybridized carbons (Fsp3) is 0.318. The van der Waals surface area contributed by atoms with Crippen molar-refractivity contribution in [3.05, 3.63) is 64.9 Å². The van der Waals surface area contributed by atoms with E-state index in [1.807, 2.05) is 0 Å². The Morgan fingerprint density at radius 3 is 2.57 bits per heavy atom. The second kappa shape index (κ2) is 8.53. The number of hydrogen-bond acceptors (Lipinski definition) is 4. The summed E-state index contributed by atoms with van der Waals surface area (Å²) in [7, 11) is 0. The summed E-state index contributed by atoms with van der Waals surface area (Å²) in [5, 5.41) is 0.476. The van der Waals surface area contributed by atoms with Crippen LogP contribution in [-0.4, -0.2) is 47.9 Å². The molecule has 2 saturated heterocycles. The molecule has 0 saturated carbocycles. The highest BCUT2D eigenvalue weighted by molar-refractivity contribution is 6.31. The third kappa shape index (κ3) is 3.95. The average Bonchev–Trinajstić information content (AvgIpc) is 3.35. The summed E-state index contributed by atoms with van der Waals surface area (Å²) in [5.41, 5.74) is 0.244. The van der Waals surface area contributed by atoms with Crippen molar-refractivity contribution in [2.45, 2.75) is 31.4 Å². The summed E-state index contributed by atoms with van der Waals surface area (Å²) in [6.45, 7) is 0.687. The standard InChI is InChI=1S/C22H20ClFN2O4/c23-14-7-9-15(10-8-14)26-20(27)12-19(22(26)29)25(13-16-4-3-11-30-16)21(28)17-5-1-2-6-18(17)24/h1-2,5-10,16,19H,3-4,11-13H2. The molecule has 2 aliphatic heterocycles. The number of nitrogens with zero attached hydrogens (tertiary/aromatic N) is 2. The van der Waals surface area contributed by atoms with Crippen molar-refractivity contribution in [3.63, 3.8) is 0 Å². The molecular formula is C22H20ClFN2O4. The fourth-order valence-electron chi connectivity index (χ4n) is 3.87. The minimum absolute atomic E-state index is 0.116. The van der Waals surface area contributed by atoms with E-state index in [2.05, 4.69) is 0 Å². The van der Waals surface area contributed by atoms with Crippen molar-refractivity contribution in [2.75, 3.05) is 18.1 Å². The second-order valence-corrected chi connectivity index (χ2v) is 7.77. The van der Waals surface area contributed by atoms with E-state index in [9.17, 15) is 18.8 Å². The van der Waals surface area contributed by atoms with Crippen LogP contribution in [0.25, 0.3) is 0 Å². The Balaban J connectivity index is 1.65. The zero-order valence-electron chi connectivity index (χ0n) is 16.1. The lowest BCUT2D eigenvalue weighted by Crippen LogP contribution is -2.48. The number of imide groups is 1. The lowest BCUT2D eigenvalue weighted by atomic mass is 10.1. The summed E-state index contributed by atoms with van der Waals surface area (Å²) in [4.78, 5) is 41.4. The third-order valence-corrected chi connectivity index (χ3v) is 5.63. The second-order valence-electron chi connectivity index (χ2n) is 7.34. The van der Waals surface area contributed by atoms with Crippen LogP contribution in [0.3, 0.4) is 0 Å². The first kappa shape index (κ1) is 20.5. The van der Waals surface area contributed by atoms with E-state index >= 15 is 0 Å². The van der Waals surface area contributed by atoms with Crippen LogP contribution >= 0.6 is 11.6 Å². The van der Waals surface area contributed by atoms with Crippen LogP contribution in [-0.2, 0) is 14.3 Å². The van der Waals surface area contributed by atoms with Crippen molar-refractivity contribution in [1.29, 1.82) is 0 Å². The molecule has 0 aliphatic carbocycles. The van der Waals surface area contributed by atoms with Gasteiger partial charge < -0.3 is 9.64 Å². The maximum absolute atomic E-state index is 14.3. The number of hydrogen-bond donors (Lipinski definition) is 0. The Morgan fingerprint density at radius 2 is 1.90 bits per heavy atom. The molecule has 2 heterocycles. The molecule has 3 amide bonds. The van der Waals surface area contributed by atoms with Gasteiger partial charge in [0.15, 0.2) is 0 Å². The molecule has 6 nitrogen and oxygen atoms in total. The van der Waals surface area contributed by atoms with Gasteiger partial charge in [-0.1, -0.05) is 23.7 Å². The van der Waals surface area contributed by atoms with Crippen LogP contribution in [0.4, 0.5) is 10.1 Å². The molecule has 2 aromatic carbocycles. The Labute approximate surface area is 178 Å². The monoisotopic (exact) mass is 430 g/mol. The van der Waals surface area contributed by atoms with Crippen LogP contribution in [0.2, 0.25) is 5.02 Å². The Morgan fingerprint density at radius 1 is 1.17 bits per heavy atom. The molecule has 156 valence electrons. The highest BCUT2D eigenvalue weighted by atomic mass is 35.5. The number of carbonyl (C=O) groups excluding carboxylic acids is 3. The SMILES string of the molecule is O=C1CC(N(CC2CCCO2)C(=O)c2ccccc2F)C(=O)N1c1ccc(Cl)cc1. The molecule has 0 N–H and O–H groups in total. The Hall–Kier alpha value is -2.77. The lowest BCUT2D eigenvalue weighted by Gasteiger charge is -2.30. The molecule has 2 aliphatic rings. The van der Waals surface area contributed by atoms with Gasteiger partial charge >= 0.3 is 0 Å². The molecule has 0 radical (unpaired) electrons. The minimum atomic E-state index is -1.02. The van der Waals surface area contributed by atoms with Gasteiger partial charge in [0, 0.05) is 18.2 Å². The van der Waals surface area contributed by atoms with Gasteiger partial charge in [-0.15, -0.1) is 0 Å². The number of rotatable bonds is 5. The number of halogens is 2. The van der Waals surface area contributed by atoms with E-state index in [0.717, 1.165) is 17.7 Å². The quantitative estimate of drug-likeness (QED) is 0.681. The summed E-state index contributed by atoms with van der Waals surface area (Å²) in [6.07, 6.45) is 1.15. The van der Waals surface area contributed by atoms with E-state index in [1.54, 1.807) is 30.3 Å². The first-order valence-electron chi connectivity index (χ1n) is 9.75. The first-order chi connectivity index (χ1) is 14.5. The zero-order valence-corrected chi connectivity index (χ0v) is 16.8. The summed E-state index contributed by atoms with van der Waals surface area (Å²) >= 11 is 5.90. The molecule has 0 aromatic heterocycles. The summed E-state index contributed by atoms with van der Waals surface area (Å²) in [6, 6.07) is 10.9. The van der Waals surface area contributed by atoms with Gasteiger partial charge in [-0.2, -0.15) is 0 Å². The number of amides is 3. The fourth-order valence-corrected chi connectivity index (χ4v) is 4.00. The number of ether oxygens (including phenoxy) is 1. The molecule has 2 atom stereocenters. The van der Waals surface area contributed by atoms with Crippen molar-refractivity contribution in [1.82, 2.24) is 4.90 Å². The van der Waals surface area contributed by atoms with E-state index in [4.69, 9.17) is 16.3 Å². The smallest absolute Gasteiger partial charge is 0.257 e. The van der Waals surface area contributed by atoms with Crippen LogP contribution in [0, 0.1) is 5.82 Å². The van der Waals surface area contributed by atoms with E-state index in [0.29, 0.717) is 17.3 Å². The van der Waals surface area contributed by atoms with Gasteiger partial charge in [0.25, 0.3) is 11.8 Å². The predicted octanol–water partition coefficient (Wildman–Crippen LogP) is 3.43. The zero-order chi connectivity index (χ0) is 21.3. The first-order valence-corrected chi connectivity index (χ1v) is 10.1. The maximum atomic E-state index is 14.3. The van der Waals surface area contributed by atoms with Gasteiger partial charge in [0.1, 0.15) is 11.9 Å². The van der Waals surface area contributed by atoms with Crippen LogP contribution in [0.1, 0.15) is 29.6 Å². The normalized spacial score (nSPS) is 21.3. The van der Waals surface area contributed by atoms with Crippen LogP contribution < -0.4 is 4.90 Å². The lowest BCUT2D eigenvalue weighted by molar-refractivity contribution is -0.122. The number of benzene rings is 2. The van der Waals surface area contributed by atoms with Gasteiger partial charge in [-0.05, 0) is 49.2 Å². The largest absolute Gasteiger partial charge is 0.376 e. The van der Waals surface area contributed by atoms with Crippen molar-refractivity contribution >= 4 is 35.0 Å². The van der Waals surface area contributed by atoms with Crippen molar-refractivity contribution in [3.8, 4) is 0 Å². The van der Waals surface area contributed by atoms with Gasteiger partial charge in [0.05, 0.1) is 23.8 Å². The summed E-state index contributed by atoms with van der Waals surface area (Å²) in [5.74, 6) is -2.25. The van der Waals surface area contributed by atoms with E-state index < -0.39 is 29.6 Å². The molecule has 2 unspecified atom stereocenters. The predicted molar refractivity (Wildman–Crippen MR) is 109 cm³/mol. The highest BCUT2D eigenvalue weighted by Gasteiger charge is 2.45. The number of anilines is 1. The molecule has 2 aromatic rings. The van der Waals surface area contributed by atoms with Gasteiger partial charge in [0.2, 0.25) is 5.91 Å². The topological polar surface area (TPSA) is 66.9 Å².